The smallest absolute Gasteiger partial charge is 0.123 e. The molecule has 0 saturated carbocycles. The van der Waals surface area contributed by atoms with Crippen molar-refractivity contribution in [3.63, 3.8) is 0 Å². The van der Waals surface area contributed by atoms with E-state index in [1.54, 1.807) is 12.1 Å². The van der Waals surface area contributed by atoms with Gasteiger partial charge in [0, 0.05) is 4.47 Å². The Morgan fingerprint density at radius 1 is 1.26 bits per heavy atom. The summed E-state index contributed by atoms with van der Waals surface area (Å²) in [7, 11) is 0. The first-order chi connectivity index (χ1) is 9.02. The van der Waals surface area contributed by atoms with Crippen molar-refractivity contribution < 1.29 is 4.39 Å². The summed E-state index contributed by atoms with van der Waals surface area (Å²) in [4.78, 5) is 0. The zero-order valence-electron chi connectivity index (χ0n) is 10.3. The molecule has 2 aromatic carbocycles. The first kappa shape index (κ1) is 14.5. The number of nitrogens with one attached hydrogen (secondary N) is 1. The predicted molar refractivity (Wildman–Crippen MR) is 79.5 cm³/mol. The minimum atomic E-state index is -0.255. The molecule has 0 saturated heterocycles. The molecule has 3 N–H and O–H groups in total. The van der Waals surface area contributed by atoms with E-state index in [9.17, 15) is 4.39 Å². The largest absolute Gasteiger partial charge is 0.271 e. The Bertz CT molecular complexity index is 604. The Hall–Kier alpha value is -0.940. The fourth-order valence-electron chi connectivity index (χ4n) is 2.02. The number of rotatable bonds is 3. The van der Waals surface area contributed by atoms with Gasteiger partial charge in [0.15, 0.2) is 0 Å². The van der Waals surface area contributed by atoms with Gasteiger partial charge in [-0.3, -0.25) is 5.84 Å². The summed E-state index contributed by atoms with van der Waals surface area (Å²) in [6.45, 7) is 1.85. The van der Waals surface area contributed by atoms with Crippen LogP contribution in [0.3, 0.4) is 0 Å². The molecule has 0 aliphatic heterocycles. The van der Waals surface area contributed by atoms with E-state index >= 15 is 0 Å². The monoisotopic (exact) mass is 342 g/mol. The highest BCUT2D eigenvalue weighted by atomic mass is 79.9. The summed E-state index contributed by atoms with van der Waals surface area (Å²) in [5.74, 6) is 5.38. The Morgan fingerprint density at radius 3 is 2.58 bits per heavy atom. The molecule has 2 rings (SSSR count). The number of halogens is 3. The fourth-order valence-corrected chi connectivity index (χ4v) is 2.53. The fraction of sp³-hybridized carbons (Fsp3) is 0.143. The molecule has 0 bridgehead atoms. The number of hydrazine groups is 1. The van der Waals surface area contributed by atoms with Crippen LogP contribution in [0.15, 0.2) is 40.9 Å². The second-order valence-corrected chi connectivity index (χ2v) is 5.54. The van der Waals surface area contributed by atoms with Crippen molar-refractivity contribution in [3.8, 4) is 0 Å². The van der Waals surface area contributed by atoms with Crippen LogP contribution in [0.25, 0.3) is 0 Å². The van der Waals surface area contributed by atoms with Crippen molar-refractivity contribution in [1.82, 2.24) is 5.43 Å². The van der Waals surface area contributed by atoms with E-state index in [-0.39, 0.29) is 11.9 Å². The van der Waals surface area contributed by atoms with Crippen LogP contribution in [0, 0.1) is 12.7 Å². The lowest BCUT2D eigenvalue weighted by Crippen LogP contribution is -2.29. The van der Waals surface area contributed by atoms with Crippen LogP contribution in [0.1, 0.15) is 22.7 Å². The zero-order chi connectivity index (χ0) is 14.0. The molecule has 0 heterocycles. The maximum atomic E-state index is 13.2. The van der Waals surface area contributed by atoms with Crippen LogP contribution in [0.5, 0.6) is 0 Å². The quantitative estimate of drug-likeness (QED) is 0.650. The standard InChI is InChI=1S/C14H13BrClFN2/c1-8-6-10(17)3-4-11(8)14(19-18)9-2-5-13(16)12(15)7-9/h2-7,14,19H,18H2,1H3. The van der Waals surface area contributed by atoms with Gasteiger partial charge in [-0.05, 0) is 63.8 Å². The molecular weight excluding hydrogens is 331 g/mol. The van der Waals surface area contributed by atoms with E-state index in [0.717, 1.165) is 21.2 Å². The highest BCUT2D eigenvalue weighted by Gasteiger charge is 2.16. The molecule has 1 unspecified atom stereocenters. The summed E-state index contributed by atoms with van der Waals surface area (Å²) in [5.41, 5.74) is 5.48. The van der Waals surface area contributed by atoms with Crippen LogP contribution < -0.4 is 11.3 Å². The van der Waals surface area contributed by atoms with Crippen molar-refractivity contribution in [1.29, 1.82) is 0 Å². The Balaban J connectivity index is 2.46. The SMILES string of the molecule is Cc1cc(F)ccc1C(NN)c1ccc(Cl)c(Br)c1. The van der Waals surface area contributed by atoms with Crippen molar-refractivity contribution in [3.05, 3.63) is 68.4 Å². The van der Waals surface area contributed by atoms with Crippen LogP contribution in [-0.2, 0) is 0 Å². The molecule has 1 atom stereocenters. The van der Waals surface area contributed by atoms with Gasteiger partial charge in [0.25, 0.3) is 0 Å². The van der Waals surface area contributed by atoms with Gasteiger partial charge in [-0.1, -0.05) is 23.7 Å². The molecule has 5 heteroatoms. The summed E-state index contributed by atoms with van der Waals surface area (Å²) < 4.78 is 14.0. The van der Waals surface area contributed by atoms with Gasteiger partial charge >= 0.3 is 0 Å². The molecule has 0 aliphatic carbocycles. The second kappa shape index (κ2) is 6.01. The topological polar surface area (TPSA) is 38.0 Å². The molecule has 0 spiro atoms. The maximum absolute atomic E-state index is 13.2. The molecule has 2 nitrogen and oxygen atoms in total. The third kappa shape index (κ3) is 3.15. The van der Waals surface area contributed by atoms with Gasteiger partial charge in [-0.15, -0.1) is 0 Å². The lowest BCUT2D eigenvalue weighted by Gasteiger charge is -2.19. The molecule has 0 amide bonds. The molecule has 0 fully saturated rings. The first-order valence-corrected chi connectivity index (χ1v) is 6.87. The Morgan fingerprint density at radius 2 is 2.00 bits per heavy atom. The maximum Gasteiger partial charge on any atom is 0.123 e. The van der Waals surface area contributed by atoms with Gasteiger partial charge in [0.1, 0.15) is 5.82 Å². The normalized spacial score (nSPS) is 12.5. The van der Waals surface area contributed by atoms with E-state index in [2.05, 4.69) is 21.4 Å². The highest BCUT2D eigenvalue weighted by molar-refractivity contribution is 9.10. The third-order valence-corrected chi connectivity index (χ3v) is 4.20. The van der Waals surface area contributed by atoms with Crippen molar-refractivity contribution in [2.45, 2.75) is 13.0 Å². The van der Waals surface area contributed by atoms with Crippen LogP contribution in [0.2, 0.25) is 5.02 Å². The van der Waals surface area contributed by atoms with Crippen LogP contribution in [0.4, 0.5) is 4.39 Å². The summed E-state index contributed by atoms with van der Waals surface area (Å²) in [5, 5.41) is 0.635. The number of hydrogen-bond acceptors (Lipinski definition) is 2. The number of benzene rings is 2. The van der Waals surface area contributed by atoms with E-state index in [1.807, 2.05) is 19.1 Å². The minimum absolute atomic E-state index is 0.214. The second-order valence-electron chi connectivity index (χ2n) is 4.27. The Labute approximate surface area is 124 Å². The van der Waals surface area contributed by atoms with Crippen molar-refractivity contribution in [2.75, 3.05) is 0 Å². The van der Waals surface area contributed by atoms with Crippen molar-refractivity contribution >= 4 is 27.5 Å². The summed E-state index contributed by atoms with van der Waals surface area (Å²) >= 11 is 9.36. The lowest BCUT2D eigenvalue weighted by atomic mass is 9.95. The molecule has 100 valence electrons. The van der Waals surface area contributed by atoms with E-state index in [0.29, 0.717) is 5.02 Å². The van der Waals surface area contributed by atoms with Crippen LogP contribution in [-0.4, -0.2) is 0 Å². The lowest BCUT2D eigenvalue weighted by molar-refractivity contribution is 0.612. The van der Waals surface area contributed by atoms with Gasteiger partial charge in [-0.2, -0.15) is 0 Å². The summed E-state index contributed by atoms with van der Waals surface area (Å²) in [6, 6.07) is 10.0. The molecule has 0 aliphatic rings. The van der Waals surface area contributed by atoms with E-state index in [1.165, 1.54) is 12.1 Å². The highest BCUT2D eigenvalue weighted by Crippen LogP contribution is 2.30. The van der Waals surface area contributed by atoms with E-state index < -0.39 is 0 Å². The van der Waals surface area contributed by atoms with E-state index in [4.69, 9.17) is 17.4 Å². The third-order valence-electron chi connectivity index (χ3n) is 2.99. The zero-order valence-corrected chi connectivity index (χ0v) is 12.6. The average molecular weight is 344 g/mol. The molecule has 19 heavy (non-hydrogen) atoms. The molecule has 0 radical (unpaired) electrons. The molecule has 2 aromatic rings. The minimum Gasteiger partial charge on any atom is -0.271 e. The van der Waals surface area contributed by atoms with Gasteiger partial charge in [0.05, 0.1) is 11.1 Å². The number of hydrogen-bond donors (Lipinski definition) is 2. The van der Waals surface area contributed by atoms with Crippen LogP contribution >= 0.6 is 27.5 Å². The molecular formula is C14H13BrClFN2. The first-order valence-electron chi connectivity index (χ1n) is 5.70. The molecule has 0 aromatic heterocycles. The predicted octanol–water partition coefficient (Wildman–Crippen LogP) is 4.10. The van der Waals surface area contributed by atoms with Gasteiger partial charge < -0.3 is 0 Å². The van der Waals surface area contributed by atoms with Gasteiger partial charge in [0.2, 0.25) is 0 Å². The summed E-state index contributed by atoms with van der Waals surface area (Å²) in [6.07, 6.45) is 0. The number of nitrogens with two attached hydrogens (primary N) is 1. The number of aryl methyl sites for hydroxylation is 1. The van der Waals surface area contributed by atoms with Gasteiger partial charge in [-0.25, -0.2) is 9.82 Å². The van der Waals surface area contributed by atoms with Crippen molar-refractivity contribution in [2.24, 2.45) is 5.84 Å². The average Bonchev–Trinajstić information content (AvgIpc) is 2.37. The Kier molecular flexibility index (Phi) is 4.58.